The first-order chi connectivity index (χ1) is 18.7. The van der Waals surface area contributed by atoms with E-state index in [4.69, 9.17) is 0 Å². The summed E-state index contributed by atoms with van der Waals surface area (Å²) in [5.74, 6) is -2.42. The Morgan fingerprint density at radius 2 is 1.59 bits per heavy atom. The number of nitrogens with one attached hydrogen (secondary N) is 2. The summed E-state index contributed by atoms with van der Waals surface area (Å²) in [6.07, 6.45) is 5.45. The van der Waals surface area contributed by atoms with Crippen molar-refractivity contribution >= 4 is 27.8 Å². The van der Waals surface area contributed by atoms with Crippen molar-refractivity contribution < 1.29 is 27.9 Å². The highest BCUT2D eigenvalue weighted by molar-refractivity contribution is 7.90. The number of carbonyl (C=O) groups is 3. The number of benzene rings is 2. The van der Waals surface area contributed by atoms with Gasteiger partial charge in [-0.25, -0.2) is 13.1 Å². The topological polar surface area (TPSA) is 145 Å². The highest BCUT2D eigenvalue weighted by Crippen LogP contribution is 2.15. The van der Waals surface area contributed by atoms with Crippen LogP contribution in [0.2, 0.25) is 0 Å². The van der Waals surface area contributed by atoms with Gasteiger partial charge in [-0.05, 0) is 60.6 Å². The predicted octanol–water partition coefficient (Wildman–Crippen LogP) is 2.59. The fourth-order valence-corrected chi connectivity index (χ4v) is 4.96. The molecule has 10 heteroatoms. The predicted molar refractivity (Wildman–Crippen MR) is 144 cm³/mol. The van der Waals surface area contributed by atoms with E-state index in [0.717, 1.165) is 30.2 Å². The first-order valence-electron chi connectivity index (χ1n) is 12.9. The van der Waals surface area contributed by atoms with Crippen LogP contribution in [-0.2, 0) is 34.1 Å². The van der Waals surface area contributed by atoms with Crippen molar-refractivity contribution in [3.8, 4) is 0 Å². The average Bonchev–Trinajstić information content (AvgIpc) is 2.92. The summed E-state index contributed by atoms with van der Waals surface area (Å²) in [5, 5.41) is 14.2. The Labute approximate surface area is 228 Å². The largest absolute Gasteiger partial charge is 0.543 e. The Kier molecular flexibility index (Phi) is 10.7. The van der Waals surface area contributed by atoms with E-state index in [1.54, 1.807) is 12.1 Å². The van der Waals surface area contributed by atoms with Gasteiger partial charge in [0.1, 0.15) is 0 Å². The molecule has 9 nitrogen and oxygen atoms in total. The maximum absolute atomic E-state index is 12.8. The van der Waals surface area contributed by atoms with Crippen molar-refractivity contribution in [2.45, 2.75) is 56.8 Å². The van der Waals surface area contributed by atoms with Gasteiger partial charge >= 0.3 is 0 Å². The lowest BCUT2D eigenvalue weighted by atomic mass is 10.0. The van der Waals surface area contributed by atoms with Crippen LogP contribution in [0, 0.1) is 0 Å². The van der Waals surface area contributed by atoms with Crippen molar-refractivity contribution in [2.24, 2.45) is 0 Å². The zero-order valence-corrected chi connectivity index (χ0v) is 22.6. The van der Waals surface area contributed by atoms with Crippen LogP contribution >= 0.6 is 0 Å². The molecule has 0 aliphatic heterocycles. The van der Waals surface area contributed by atoms with Gasteiger partial charge in [0.15, 0.2) is 0 Å². The van der Waals surface area contributed by atoms with Gasteiger partial charge in [-0.3, -0.25) is 14.6 Å². The molecule has 206 valence electrons. The van der Waals surface area contributed by atoms with E-state index in [1.807, 2.05) is 42.0 Å². The Hall–Kier alpha value is -4.05. The second-order valence-electron chi connectivity index (χ2n) is 9.14. The zero-order valence-electron chi connectivity index (χ0n) is 21.8. The van der Waals surface area contributed by atoms with Crippen LogP contribution in [-0.4, -0.2) is 37.7 Å². The Balaban J connectivity index is 1.55. The third kappa shape index (κ3) is 9.03. The van der Waals surface area contributed by atoms with Crippen LogP contribution in [0.3, 0.4) is 0 Å². The van der Waals surface area contributed by atoms with Gasteiger partial charge in [-0.2, -0.15) is 0 Å². The molecule has 0 unspecified atom stereocenters. The molecule has 0 fully saturated rings. The fraction of sp³-hybridized carbons (Fsp3) is 0.310. The molecular weight excluding hydrogens is 518 g/mol. The zero-order chi connectivity index (χ0) is 28.3. The summed E-state index contributed by atoms with van der Waals surface area (Å²) in [6, 6.07) is 17.1. The number of aromatic carboxylic acids is 1. The van der Waals surface area contributed by atoms with Gasteiger partial charge in [-0.1, -0.05) is 62.2 Å². The first-order valence-corrected chi connectivity index (χ1v) is 14.3. The number of aromatic nitrogens is 1. The van der Waals surface area contributed by atoms with Crippen LogP contribution in [0.1, 0.15) is 70.1 Å². The molecule has 3 rings (SSSR count). The minimum Gasteiger partial charge on any atom is -0.543 e. The Morgan fingerprint density at radius 1 is 0.897 bits per heavy atom. The molecule has 0 saturated heterocycles. The lowest BCUT2D eigenvalue weighted by Gasteiger charge is -2.12. The van der Waals surface area contributed by atoms with Crippen molar-refractivity contribution in [3.63, 3.8) is 0 Å². The summed E-state index contributed by atoms with van der Waals surface area (Å²) in [7, 11) is -4.18. The number of aryl methyl sites for hydroxylation is 2. The fourth-order valence-electron chi connectivity index (χ4n) is 3.99. The third-order valence-electron chi connectivity index (χ3n) is 6.15. The number of nitrogens with zero attached hydrogens (tertiary/aromatic N) is 1. The normalized spacial score (nSPS) is 11.1. The number of carbonyl (C=O) groups excluding carboxylic acids is 3. The highest BCUT2D eigenvalue weighted by Gasteiger charge is 2.20. The van der Waals surface area contributed by atoms with Gasteiger partial charge in [0.05, 0.1) is 22.1 Å². The molecule has 2 N–H and O–H groups in total. The van der Waals surface area contributed by atoms with Crippen LogP contribution in [0.25, 0.3) is 0 Å². The number of pyridine rings is 1. The maximum Gasteiger partial charge on any atom is 0.266 e. The van der Waals surface area contributed by atoms with E-state index < -0.39 is 21.9 Å². The molecule has 0 saturated carbocycles. The Bertz CT molecular complexity index is 1390. The molecule has 1 heterocycles. The van der Waals surface area contributed by atoms with Crippen molar-refractivity contribution in [1.29, 1.82) is 0 Å². The third-order valence-corrected chi connectivity index (χ3v) is 7.50. The van der Waals surface area contributed by atoms with Crippen LogP contribution < -0.4 is 15.1 Å². The van der Waals surface area contributed by atoms with E-state index in [0.29, 0.717) is 44.2 Å². The number of hydrogen-bond acceptors (Lipinski definition) is 7. The molecule has 2 amide bonds. The van der Waals surface area contributed by atoms with E-state index in [1.165, 1.54) is 18.2 Å². The molecule has 0 atom stereocenters. The van der Waals surface area contributed by atoms with Gasteiger partial charge in [-0.15, -0.1) is 0 Å². The lowest BCUT2D eigenvalue weighted by molar-refractivity contribution is -0.255. The van der Waals surface area contributed by atoms with E-state index in [-0.39, 0.29) is 22.1 Å². The monoisotopic (exact) mass is 550 g/mol. The number of sulfonamides is 1. The van der Waals surface area contributed by atoms with E-state index >= 15 is 0 Å². The molecular formula is C29H32N3O6S-. The maximum atomic E-state index is 12.8. The van der Waals surface area contributed by atoms with Crippen molar-refractivity contribution in [2.75, 3.05) is 6.54 Å². The number of rotatable bonds is 14. The van der Waals surface area contributed by atoms with E-state index in [2.05, 4.69) is 10.3 Å². The van der Waals surface area contributed by atoms with Gasteiger partial charge < -0.3 is 15.2 Å². The molecule has 0 aliphatic rings. The SMILES string of the molecule is CCCCCc1cc(C(=O)NS(=O)(=O)c2ccc(CCNC(=O)CCc3ccccc3)cc2)cnc1C(=O)[O-]. The molecule has 0 bridgehead atoms. The number of unbranched alkanes of at least 4 members (excludes halogenated alkanes) is 2. The number of hydrogen-bond donors (Lipinski definition) is 2. The summed E-state index contributed by atoms with van der Waals surface area (Å²) in [4.78, 5) is 39.8. The van der Waals surface area contributed by atoms with Crippen molar-refractivity contribution in [1.82, 2.24) is 15.0 Å². The first kappa shape index (κ1) is 29.5. The molecule has 2 aromatic carbocycles. The quantitative estimate of drug-likeness (QED) is 0.293. The summed E-state index contributed by atoms with van der Waals surface area (Å²) in [6.45, 7) is 2.41. The molecule has 3 aromatic rings. The Morgan fingerprint density at radius 3 is 2.26 bits per heavy atom. The molecule has 0 radical (unpaired) electrons. The van der Waals surface area contributed by atoms with E-state index in [9.17, 15) is 27.9 Å². The summed E-state index contributed by atoms with van der Waals surface area (Å²) < 4.78 is 27.6. The van der Waals surface area contributed by atoms with Gasteiger partial charge in [0.2, 0.25) is 5.91 Å². The lowest BCUT2D eigenvalue weighted by Crippen LogP contribution is -2.31. The summed E-state index contributed by atoms with van der Waals surface area (Å²) in [5.41, 5.74) is 1.92. The highest BCUT2D eigenvalue weighted by atomic mass is 32.2. The number of amides is 2. The van der Waals surface area contributed by atoms with Crippen LogP contribution in [0.4, 0.5) is 0 Å². The minimum atomic E-state index is -4.18. The van der Waals surface area contributed by atoms with Crippen molar-refractivity contribution in [3.05, 3.63) is 94.8 Å². The number of carboxylic acid groups (broad SMARTS) is 1. The smallest absolute Gasteiger partial charge is 0.266 e. The van der Waals surface area contributed by atoms with Gasteiger partial charge in [0, 0.05) is 19.2 Å². The van der Waals surface area contributed by atoms with Gasteiger partial charge in [0.25, 0.3) is 15.9 Å². The summed E-state index contributed by atoms with van der Waals surface area (Å²) >= 11 is 0. The molecule has 39 heavy (non-hydrogen) atoms. The standard InChI is InChI=1S/C29H33N3O6S/c1-2-3-5-10-23-19-24(20-31-27(23)29(35)36)28(34)32-39(37,38)25-14-11-22(12-15-25)17-18-30-26(33)16-13-21-8-6-4-7-9-21/h4,6-9,11-12,14-15,19-20H,2-3,5,10,13,16-18H2,1H3,(H,30,33)(H,32,34)(H,35,36)/p-1. The number of carboxylic acids is 1. The molecule has 0 spiro atoms. The molecule has 0 aliphatic carbocycles. The minimum absolute atomic E-state index is 0.0589. The van der Waals surface area contributed by atoms with Crippen LogP contribution in [0.5, 0.6) is 0 Å². The second-order valence-corrected chi connectivity index (χ2v) is 10.8. The average molecular weight is 551 g/mol. The molecule has 1 aromatic heterocycles. The second kappa shape index (κ2) is 14.2. The van der Waals surface area contributed by atoms with Crippen LogP contribution in [0.15, 0.2) is 71.8 Å².